The summed E-state index contributed by atoms with van der Waals surface area (Å²) < 4.78 is 16.6. The van der Waals surface area contributed by atoms with Gasteiger partial charge in [0.15, 0.2) is 11.5 Å². The summed E-state index contributed by atoms with van der Waals surface area (Å²) in [6.07, 6.45) is 3.07. The normalized spacial score (nSPS) is 12.1. The molecule has 0 bridgehead atoms. The minimum atomic E-state index is -0.106. The van der Waals surface area contributed by atoms with Crippen molar-refractivity contribution in [2.45, 2.75) is 59.5 Å². The number of furan rings is 1. The van der Waals surface area contributed by atoms with Gasteiger partial charge < -0.3 is 23.7 Å². The predicted octanol–water partition coefficient (Wildman–Crippen LogP) is 4.27. The number of ether oxygens (including phenoxy) is 2. The van der Waals surface area contributed by atoms with Crippen molar-refractivity contribution in [3.63, 3.8) is 0 Å². The Morgan fingerprint density at radius 1 is 0.935 bits per heavy atom. The van der Waals surface area contributed by atoms with Gasteiger partial charge in [-0.25, -0.2) is 0 Å². The van der Waals surface area contributed by atoms with Gasteiger partial charge in [0.2, 0.25) is 18.6 Å². The van der Waals surface area contributed by atoms with Gasteiger partial charge in [0.25, 0.3) is 0 Å². The summed E-state index contributed by atoms with van der Waals surface area (Å²) in [7, 11) is 0. The average Bonchev–Trinajstić information content (AvgIpc) is 3.39. The molecule has 31 heavy (non-hydrogen) atoms. The van der Waals surface area contributed by atoms with E-state index in [2.05, 4.69) is 6.92 Å². The number of benzene rings is 1. The summed E-state index contributed by atoms with van der Waals surface area (Å²) >= 11 is 0. The Hall–Kier alpha value is -2.96. The van der Waals surface area contributed by atoms with Gasteiger partial charge in [-0.3, -0.25) is 9.59 Å². The first-order chi connectivity index (χ1) is 15.0. The highest BCUT2D eigenvalue weighted by Gasteiger charge is 2.23. The number of nitrogens with zero attached hydrogens (tertiary/aromatic N) is 2. The van der Waals surface area contributed by atoms with E-state index in [1.165, 1.54) is 0 Å². The maximum atomic E-state index is 13.3. The van der Waals surface area contributed by atoms with Crippen LogP contribution < -0.4 is 9.47 Å². The van der Waals surface area contributed by atoms with Crippen molar-refractivity contribution in [3.05, 3.63) is 47.4 Å². The second-order valence-corrected chi connectivity index (χ2v) is 7.87. The third-order valence-corrected chi connectivity index (χ3v) is 5.22. The van der Waals surface area contributed by atoms with Crippen molar-refractivity contribution in [2.75, 3.05) is 19.9 Å². The number of aryl methyl sites for hydroxylation is 1. The molecule has 2 heterocycles. The van der Waals surface area contributed by atoms with Gasteiger partial charge in [0.05, 0.1) is 13.1 Å². The molecule has 0 saturated carbocycles. The highest BCUT2D eigenvalue weighted by atomic mass is 16.7. The van der Waals surface area contributed by atoms with Gasteiger partial charge in [-0.15, -0.1) is 0 Å². The van der Waals surface area contributed by atoms with Crippen LogP contribution >= 0.6 is 0 Å². The van der Waals surface area contributed by atoms with Crippen LogP contribution in [0.15, 0.2) is 34.7 Å². The molecule has 2 aromatic rings. The summed E-state index contributed by atoms with van der Waals surface area (Å²) in [4.78, 5) is 29.3. The lowest BCUT2D eigenvalue weighted by molar-refractivity contribution is -0.141. The zero-order valence-corrected chi connectivity index (χ0v) is 18.7. The van der Waals surface area contributed by atoms with Crippen LogP contribution in [0.5, 0.6) is 11.5 Å². The number of fused-ring (bicyclic) bond motifs is 1. The Labute approximate surface area is 183 Å². The molecule has 2 amide bonds. The number of hydrogen-bond donors (Lipinski definition) is 0. The molecule has 0 atom stereocenters. The van der Waals surface area contributed by atoms with Crippen molar-refractivity contribution >= 4 is 11.8 Å². The number of carbonyl (C=O) groups excluding carboxylic acids is 2. The molecule has 0 fully saturated rings. The van der Waals surface area contributed by atoms with Crippen LogP contribution in [0.1, 0.15) is 56.6 Å². The zero-order valence-electron chi connectivity index (χ0n) is 18.7. The lowest BCUT2D eigenvalue weighted by Gasteiger charge is -2.27. The largest absolute Gasteiger partial charge is 0.464 e. The summed E-state index contributed by atoms with van der Waals surface area (Å²) in [5, 5.41) is 0. The fourth-order valence-electron chi connectivity index (χ4n) is 3.56. The Kier molecular flexibility index (Phi) is 7.98. The standard InChI is InChI=1S/C24H32N2O5/c1-4-6-7-23(27)25(12-5-2)16-24(28)26(15-20-10-8-18(3)31-20)14-19-9-11-21-22(13-19)30-17-29-21/h8-11,13H,4-7,12,14-17H2,1-3H3. The van der Waals surface area contributed by atoms with E-state index in [-0.39, 0.29) is 25.2 Å². The molecule has 1 aromatic carbocycles. The summed E-state index contributed by atoms with van der Waals surface area (Å²) in [6.45, 7) is 7.53. The first-order valence-corrected chi connectivity index (χ1v) is 11.0. The van der Waals surface area contributed by atoms with Gasteiger partial charge in [-0.1, -0.05) is 26.3 Å². The molecule has 0 saturated heterocycles. The second kappa shape index (κ2) is 10.9. The number of carbonyl (C=O) groups is 2. The maximum Gasteiger partial charge on any atom is 0.242 e. The molecule has 0 spiro atoms. The van der Waals surface area contributed by atoms with E-state index in [0.717, 1.165) is 30.6 Å². The molecular formula is C24H32N2O5. The quantitative estimate of drug-likeness (QED) is 0.534. The van der Waals surface area contributed by atoms with Crippen LogP contribution in [0.3, 0.4) is 0 Å². The third kappa shape index (κ3) is 6.26. The van der Waals surface area contributed by atoms with Crippen molar-refractivity contribution < 1.29 is 23.5 Å². The third-order valence-electron chi connectivity index (χ3n) is 5.22. The zero-order chi connectivity index (χ0) is 22.2. The molecule has 0 N–H and O–H groups in total. The lowest BCUT2D eigenvalue weighted by atomic mass is 10.1. The maximum absolute atomic E-state index is 13.3. The predicted molar refractivity (Wildman–Crippen MR) is 117 cm³/mol. The highest BCUT2D eigenvalue weighted by Crippen LogP contribution is 2.33. The van der Waals surface area contributed by atoms with Crippen LogP contribution in [0, 0.1) is 6.92 Å². The molecular weight excluding hydrogens is 396 g/mol. The Morgan fingerprint density at radius 2 is 1.74 bits per heavy atom. The van der Waals surface area contributed by atoms with Crippen molar-refractivity contribution in [1.82, 2.24) is 9.80 Å². The van der Waals surface area contributed by atoms with Gasteiger partial charge in [0.1, 0.15) is 11.5 Å². The molecule has 1 aliphatic rings. The molecule has 0 aliphatic carbocycles. The highest BCUT2D eigenvalue weighted by molar-refractivity contribution is 5.84. The Balaban J connectivity index is 1.75. The van der Waals surface area contributed by atoms with Crippen molar-refractivity contribution in [3.8, 4) is 11.5 Å². The SMILES string of the molecule is CCCCC(=O)N(CCC)CC(=O)N(Cc1ccc2c(c1)OCO2)Cc1ccc(C)o1. The minimum absolute atomic E-state index is 0.0360. The van der Waals surface area contributed by atoms with Crippen LogP contribution in [0.4, 0.5) is 0 Å². The topological polar surface area (TPSA) is 72.2 Å². The summed E-state index contributed by atoms with van der Waals surface area (Å²) in [5.41, 5.74) is 0.931. The van der Waals surface area contributed by atoms with Gasteiger partial charge >= 0.3 is 0 Å². The summed E-state index contributed by atoms with van der Waals surface area (Å²) in [6, 6.07) is 9.44. The second-order valence-electron chi connectivity index (χ2n) is 7.87. The molecule has 7 heteroatoms. The lowest BCUT2D eigenvalue weighted by Crippen LogP contribution is -2.42. The molecule has 1 aromatic heterocycles. The summed E-state index contributed by atoms with van der Waals surface area (Å²) in [5.74, 6) is 2.83. The first-order valence-electron chi connectivity index (χ1n) is 11.0. The van der Waals surface area contributed by atoms with Gasteiger partial charge in [-0.2, -0.15) is 0 Å². The molecule has 0 unspecified atom stereocenters. The Morgan fingerprint density at radius 3 is 2.45 bits per heavy atom. The van der Waals surface area contributed by atoms with Crippen LogP contribution in [-0.2, 0) is 22.7 Å². The number of unbranched alkanes of at least 4 members (excludes halogenated alkanes) is 1. The smallest absolute Gasteiger partial charge is 0.242 e. The van der Waals surface area contributed by atoms with Crippen LogP contribution in [-0.4, -0.2) is 41.5 Å². The molecule has 168 valence electrons. The van der Waals surface area contributed by atoms with Gasteiger partial charge in [0, 0.05) is 19.5 Å². The van der Waals surface area contributed by atoms with E-state index in [0.29, 0.717) is 43.3 Å². The van der Waals surface area contributed by atoms with E-state index >= 15 is 0 Å². The monoisotopic (exact) mass is 428 g/mol. The number of amides is 2. The molecule has 7 nitrogen and oxygen atoms in total. The first kappa shape index (κ1) is 22.7. The molecule has 3 rings (SSSR count). The van der Waals surface area contributed by atoms with Crippen LogP contribution in [0.2, 0.25) is 0 Å². The van der Waals surface area contributed by atoms with E-state index < -0.39 is 0 Å². The van der Waals surface area contributed by atoms with E-state index in [1.807, 2.05) is 44.2 Å². The number of rotatable bonds is 11. The average molecular weight is 429 g/mol. The Bertz CT molecular complexity index is 892. The van der Waals surface area contributed by atoms with Gasteiger partial charge in [-0.05, 0) is 49.6 Å². The van der Waals surface area contributed by atoms with E-state index in [9.17, 15) is 9.59 Å². The van der Waals surface area contributed by atoms with E-state index in [4.69, 9.17) is 13.9 Å². The van der Waals surface area contributed by atoms with E-state index in [1.54, 1.807) is 9.80 Å². The van der Waals surface area contributed by atoms with Crippen molar-refractivity contribution in [2.24, 2.45) is 0 Å². The number of hydrogen-bond acceptors (Lipinski definition) is 5. The van der Waals surface area contributed by atoms with Crippen LogP contribution in [0.25, 0.3) is 0 Å². The fourth-order valence-corrected chi connectivity index (χ4v) is 3.56. The van der Waals surface area contributed by atoms with Crippen molar-refractivity contribution in [1.29, 1.82) is 0 Å². The molecule has 1 aliphatic heterocycles. The minimum Gasteiger partial charge on any atom is -0.464 e. The molecule has 0 radical (unpaired) electrons. The fraction of sp³-hybridized carbons (Fsp3) is 0.500.